The molecule has 5 nitrogen and oxygen atoms in total. The Labute approximate surface area is 107 Å². The molecule has 0 unspecified atom stereocenters. The third-order valence-electron chi connectivity index (χ3n) is 2.51. The maximum Gasteiger partial charge on any atom is 0.171 e. The number of benzene rings is 1. The number of nitrogens with two attached hydrogens (primary N) is 1. The van der Waals surface area contributed by atoms with Gasteiger partial charge >= 0.3 is 0 Å². The Kier molecular flexibility index (Phi) is 3.72. The van der Waals surface area contributed by atoms with E-state index in [0.717, 1.165) is 5.75 Å². The monoisotopic (exact) mass is 246 g/mol. The van der Waals surface area contributed by atoms with Crippen molar-refractivity contribution in [3.8, 4) is 5.75 Å². The fraction of sp³-hybridized carbons (Fsp3) is 0.308. The average Bonchev–Trinajstić information content (AvgIpc) is 2.64. The lowest BCUT2D eigenvalue weighted by molar-refractivity contribution is 0.332. The number of anilines is 2. The third-order valence-corrected chi connectivity index (χ3v) is 2.51. The van der Waals surface area contributed by atoms with Crippen LogP contribution in [0.3, 0.4) is 0 Å². The molecule has 0 amide bonds. The van der Waals surface area contributed by atoms with Crippen LogP contribution in [-0.4, -0.2) is 22.9 Å². The van der Waals surface area contributed by atoms with Gasteiger partial charge in [0.15, 0.2) is 5.82 Å². The van der Waals surface area contributed by atoms with Crippen molar-refractivity contribution in [1.82, 2.24) is 9.78 Å². The minimum atomic E-state index is 0.569. The topological polar surface area (TPSA) is 65.1 Å². The van der Waals surface area contributed by atoms with Gasteiger partial charge in [0, 0.05) is 13.2 Å². The Morgan fingerprint density at radius 1 is 1.44 bits per heavy atom. The number of nitrogens with zero attached hydrogens (tertiary/aromatic N) is 2. The Hall–Kier alpha value is -2.17. The molecule has 18 heavy (non-hydrogen) atoms. The van der Waals surface area contributed by atoms with Crippen molar-refractivity contribution in [2.24, 2.45) is 7.05 Å². The van der Waals surface area contributed by atoms with Crippen LogP contribution in [0.1, 0.15) is 5.56 Å². The summed E-state index contributed by atoms with van der Waals surface area (Å²) in [5.74, 6) is 1.58. The zero-order valence-electron chi connectivity index (χ0n) is 10.7. The van der Waals surface area contributed by atoms with Gasteiger partial charge in [-0.15, -0.1) is 0 Å². The molecule has 0 fully saturated rings. The number of nitrogens with one attached hydrogen (secondary N) is 1. The summed E-state index contributed by atoms with van der Waals surface area (Å²) in [6.07, 6.45) is 1.77. The van der Waals surface area contributed by atoms with Crippen molar-refractivity contribution in [3.63, 3.8) is 0 Å². The van der Waals surface area contributed by atoms with Gasteiger partial charge in [-0.05, 0) is 24.6 Å². The molecule has 3 N–H and O–H groups in total. The number of aromatic nitrogens is 2. The molecular weight excluding hydrogens is 228 g/mol. The lowest BCUT2D eigenvalue weighted by Gasteiger charge is -2.07. The summed E-state index contributed by atoms with van der Waals surface area (Å²) in [6, 6.07) is 7.98. The standard InChI is InChI=1S/C13H18N4O/c1-10-4-3-5-11(8-10)18-7-6-15-13-12(14)9-17(2)16-13/h3-5,8-9H,6-7,14H2,1-2H3,(H,15,16). The van der Waals surface area contributed by atoms with E-state index in [9.17, 15) is 0 Å². The molecule has 1 aromatic heterocycles. The Balaban J connectivity index is 1.78. The van der Waals surface area contributed by atoms with Crippen LogP contribution in [0.4, 0.5) is 11.5 Å². The maximum atomic E-state index is 5.77. The number of rotatable bonds is 5. The second-order valence-electron chi connectivity index (χ2n) is 4.20. The van der Waals surface area contributed by atoms with Gasteiger partial charge in [0.2, 0.25) is 0 Å². The van der Waals surface area contributed by atoms with Gasteiger partial charge in [-0.3, -0.25) is 4.68 Å². The zero-order valence-corrected chi connectivity index (χ0v) is 10.7. The van der Waals surface area contributed by atoms with Gasteiger partial charge in [-0.2, -0.15) is 5.10 Å². The maximum absolute atomic E-state index is 5.77. The molecule has 1 heterocycles. The first-order valence-electron chi connectivity index (χ1n) is 5.87. The summed E-state index contributed by atoms with van der Waals surface area (Å²) in [5.41, 5.74) is 7.60. The van der Waals surface area contributed by atoms with Crippen molar-refractivity contribution in [1.29, 1.82) is 0 Å². The molecule has 0 saturated heterocycles. The fourth-order valence-corrected chi connectivity index (χ4v) is 1.69. The van der Waals surface area contributed by atoms with Crippen LogP contribution in [0.2, 0.25) is 0 Å². The lowest BCUT2D eigenvalue weighted by Crippen LogP contribution is -2.12. The normalized spacial score (nSPS) is 10.3. The van der Waals surface area contributed by atoms with Crippen molar-refractivity contribution in [2.75, 3.05) is 24.2 Å². The highest BCUT2D eigenvalue weighted by atomic mass is 16.5. The van der Waals surface area contributed by atoms with Crippen molar-refractivity contribution >= 4 is 11.5 Å². The largest absolute Gasteiger partial charge is 0.492 e. The Bertz CT molecular complexity index is 521. The van der Waals surface area contributed by atoms with Crippen LogP contribution in [0.15, 0.2) is 30.5 Å². The van der Waals surface area contributed by atoms with Crippen molar-refractivity contribution in [2.45, 2.75) is 6.92 Å². The average molecular weight is 246 g/mol. The fourth-order valence-electron chi connectivity index (χ4n) is 1.69. The molecule has 0 bridgehead atoms. The molecule has 0 spiro atoms. The van der Waals surface area contributed by atoms with E-state index >= 15 is 0 Å². The van der Waals surface area contributed by atoms with Crippen LogP contribution in [0.25, 0.3) is 0 Å². The van der Waals surface area contributed by atoms with E-state index in [2.05, 4.69) is 10.4 Å². The molecule has 0 radical (unpaired) electrons. The SMILES string of the molecule is Cc1cccc(OCCNc2nn(C)cc2N)c1. The first-order chi connectivity index (χ1) is 8.65. The Morgan fingerprint density at radius 3 is 2.94 bits per heavy atom. The van der Waals surface area contributed by atoms with Crippen LogP contribution < -0.4 is 15.8 Å². The quantitative estimate of drug-likeness (QED) is 0.790. The highest BCUT2D eigenvalue weighted by Gasteiger charge is 2.02. The first kappa shape index (κ1) is 12.3. The summed E-state index contributed by atoms with van der Waals surface area (Å²) >= 11 is 0. The van der Waals surface area contributed by atoms with Crippen molar-refractivity contribution < 1.29 is 4.74 Å². The number of ether oxygens (including phenoxy) is 1. The first-order valence-corrected chi connectivity index (χ1v) is 5.87. The van der Waals surface area contributed by atoms with Crippen LogP contribution in [-0.2, 0) is 7.05 Å². The minimum Gasteiger partial charge on any atom is -0.492 e. The highest BCUT2D eigenvalue weighted by molar-refractivity contribution is 5.59. The van der Waals surface area contributed by atoms with E-state index in [0.29, 0.717) is 24.7 Å². The number of nitrogen functional groups attached to an aromatic ring is 1. The van der Waals surface area contributed by atoms with Gasteiger partial charge in [-0.1, -0.05) is 12.1 Å². The predicted octanol–water partition coefficient (Wildman–Crippen LogP) is 1.80. The molecule has 1 aromatic carbocycles. The molecule has 5 heteroatoms. The van der Waals surface area contributed by atoms with E-state index < -0.39 is 0 Å². The number of hydrogen-bond donors (Lipinski definition) is 2. The van der Waals surface area contributed by atoms with Crippen LogP contribution >= 0.6 is 0 Å². The second-order valence-corrected chi connectivity index (χ2v) is 4.20. The molecule has 2 rings (SSSR count). The minimum absolute atomic E-state index is 0.569. The molecule has 0 aliphatic heterocycles. The van der Waals surface area contributed by atoms with Gasteiger partial charge in [0.25, 0.3) is 0 Å². The van der Waals surface area contributed by atoms with E-state index in [1.807, 2.05) is 38.2 Å². The van der Waals surface area contributed by atoms with Gasteiger partial charge in [0.05, 0.1) is 12.2 Å². The van der Waals surface area contributed by atoms with E-state index in [-0.39, 0.29) is 0 Å². The van der Waals surface area contributed by atoms with E-state index in [4.69, 9.17) is 10.5 Å². The molecule has 2 aromatic rings. The highest BCUT2D eigenvalue weighted by Crippen LogP contribution is 2.14. The van der Waals surface area contributed by atoms with Crippen LogP contribution in [0.5, 0.6) is 5.75 Å². The molecule has 0 aliphatic rings. The summed E-state index contributed by atoms with van der Waals surface area (Å²) < 4.78 is 7.30. The molecule has 0 atom stereocenters. The molecule has 0 aliphatic carbocycles. The van der Waals surface area contributed by atoms with Gasteiger partial charge < -0.3 is 15.8 Å². The Morgan fingerprint density at radius 2 is 2.28 bits per heavy atom. The zero-order chi connectivity index (χ0) is 13.0. The van der Waals surface area contributed by atoms with Crippen molar-refractivity contribution in [3.05, 3.63) is 36.0 Å². The third kappa shape index (κ3) is 3.16. The van der Waals surface area contributed by atoms with E-state index in [1.165, 1.54) is 5.56 Å². The van der Waals surface area contributed by atoms with Gasteiger partial charge in [-0.25, -0.2) is 0 Å². The smallest absolute Gasteiger partial charge is 0.171 e. The van der Waals surface area contributed by atoms with Gasteiger partial charge in [0.1, 0.15) is 12.4 Å². The summed E-state index contributed by atoms with van der Waals surface area (Å²) in [5, 5.41) is 7.33. The molecular formula is C13H18N4O. The second kappa shape index (κ2) is 5.44. The summed E-state index contributed by atoms with van der Waals surface area (Å²) in [6.45, 7) is 3.27. The number of hydrogen-bond acceptors (Lipinski definition) is 4. The van der Waals surface area contributed by atoms with Crippen LogP contribution in [0, 0.1) is 6.92 Å². The number of aryl methyl sites for hydroxylation is 2. The van der Waals surface area contributed by atoms with E-state index in [1.54, 1.807) is 10.9 Å². The molecule has 96 valence electrons. The molecule has 0 saturated carbocycles. The predicted molar refractivity (Wildman–Crippen MR) is 72.8 cm³/mol. The summed E-state index contributed by atoms with van der Waals surface area (Å²) in [4.78, 5) is 0. The lowest BCUT2D eigenvalue weighted by atomic mass is 10.2. The summed E-state index contributed by atoms with van der Waals surface area (Å²) in [7, 11) is 1.84.